The number of piperazine rings is 1. The number of hydrogen-bond donors (Lipinski definition) is 0. The maximum Gasteiger partial charge on any atom is 0.0107 e. The molecule has 0 aromatic carbocycles. The van der Waals surface area contributed by atoms with Gasteiger partial charge in [0, 0.05) is 39.3 Å². The van der Waals surface area contributed by atoms with Crippen molar-refractivity contribution in [1.29, 1.82) is 0 Å². The molecule has 0 spiro atoms. The number of nitrogens with zero attached hydrogens (tertiary/aromatic N) is 7. The standard InChI is InChI=1S/C6H14N2.2C6H13N.C5H11N.C4H9N.C3H7N/c1-7-3-5-8(2)6-4-7;2*1-7-5-3-2-4-6-7;1-6-4-2-3-5-6;1-5-3-2-4-5;1-4-2-3-4/h3-6H2,1-2H3;2*2-6H2,1H3;2-5H2,1H3;2-4H2,1H3;2-3H2,1H3. The molecule has 0 saturated carbocycles. The van der Waals surface area contributed by atoms with Crippen LogP contribution in [0.2, 0.25) is 0 Å². The van der Waals surface area contributed by atoms with Crippen LogP contribution in [0.3, 0.4) is 0 Å². The van der Waals surface area contributed by atoms with Crippen LogP contribution in [0.25, 0.3) is 0 Å². The third-order valence-electron chi connectivity index (χ3n) is 7.97. The Bertz CT molecular complexity index is 446. The first-order valence-corrected chi connectivity index (χ1v) is 15.6. The zero-order valence-electron chi connectivity index (χ0n) is 26.4. The molecule has 6 heterocycles. The molecule has 6 fully saturated rings. The van der Waals surface area contributed by atoms with E-state index in [2.05, 4.69) is 83.6 Å². The zero-order valence-corrected chi connectivity index (χ0v) is 26.4. The molecule has 6 rings (SSSR count). The molecule has 0 N–H and O–H groups in total. The molecular weight excluding hydrogens is 458 g/mol. The van der Waals surface area contributed by atoms with E-state index in [9.17, 15) is 0 Å². The molecule has 0 unspecified atom stereocenters. The fourth-order valence-corrected chi connectivity index (χ4v) is 4.46. The fraction of sp³-hybridized carbons (Fsp3) is 1.00. The Hall–Kier alpha value is -0.280. The molecule has 222 valence electrons. The predicted molar refractivity (Wildman–Crippen MR) is 164 cm³/mol. The molecule has 0 radical (unpaired) electrons. The van der Waals surface area contributed by atoms with Crippen LogP contribution >= 0.6 is 0 Å². The minimum Gasteiger partial charge on any atom is -0.306 e. The van der Waals surface area contributed by atoms with Crippen LogP contribution in [-0.2, 0) is 0 Å². The Morgan fingerprint density at radius 2 is 0.351 bits per heavy atom. The van der Waals surface area contributed by atoms with Gasteiger partial charge in [0.25, 0.3) is 0 Å². The average Bonchev–Trinajstić information content (AvgIpc) is 3.52. The molecule has 6 saturated heterocycles. The Kier molecular flexibility index (Phi) is 21.2. The topological polar surface area (TPSA) is 22.5 Å². The molecule has 7 nitrogen and oxygen atoms in total. The van der Waals surface area contributed by atoms with Crippen molar-refractivity contribution in [2.75, 3.05) is 141 Å². The smallest absolute Gasteiger partial charge is 0.0107 e. The first-order chi connectivity index (χ1) is 17.8. The first-order valence-electron chi connectivity index (χ1n) is 15.6. The lowest BCUT2D eigenvalue weighted by atomic mass is 10.1. The van der Waals surface area contributed by atoms with E-state index in [0.717, 1.165) is 0 Å². The van der Waals surface area contributed by atoms with Crippen molar-refractivity contribution in [3.63, 3.8) is 0 Å². The van der Waals surface area contributed by atoms with Gasteiger partial charge in [-0.2, -0.15) is 0 Å². The molecule has 0 atom stereocenters. The van der Waals surface area contributed by atoms with Gasteiger partial charge in [-0.1, -0.05) is 12.8 Å². The van der Waals surface area contributed by atoms with Crippen LogP contribution in [0.4, 0.5) is 0 Å². The molecule has 0 amide bonds. The highest BCUT2D eigenvalue weighted by molar-refractivity contribution is 4.65. The van der Waals surface area contributed by atoms with E-state index < -0.39 is 0 Å². The normalized spacial score (nSPS) is 25.7. The molecule has 0 bridgehead atoms. The van der Waals surface area contributed by atoms with Crippen LogP contribution in [0.1, 0.15) is 57.8 Å². The monoisotopic (exact) mass is 526 g/mol. The second kappa shape index (κ2) is 22.5. The summed E-state index contributed by atoms with van der Waals surface area (Å²) in [5.41, 5.74) is 0. The second-order valence-corrected chi connectivity index (χ2v) is 12.3. The summed E-state index contributed by atoms with van der Waals surface area (Å²) >= 11 is 0. The molecule has 6 aliphatic rings. The van der Waals surface area contributed by atoms with Gasteiger partial charge in [-0.15, -0.1) is 0 Å². The Labute approximate surface area is 233 Å². The highest BCUT2D eigenvalue weighted by atomic mass is 15.2. The summed E-state index contributed by atoms with van der Waals surface area (Å²) in [5, 5.41) is 0. The largest absolute Gasteiger partial charge is 0.306 e. The maximum atomic E-state index is 2.39. The Morgan fingerprint density at radius 1 is 0.189 bits per heavy atom. The van der Waals surface area contributed by atoms with Gasteiger partial charge < -0.3 is 34.3 Å². The molecule has 0 aromatic heterocycles. The van der Waals surface area contributed by atoms with Crippen molar-refractivity contribution in [2.24, 2.45) is 0 Å². The van der Waals surface area contributed by atoms with Crippen molar-refractivity contribution in [1.82, 2.24) is 34.3 Å². The Balaban J connectivity index is 0.000000225. The summed E-state index contributed by atoms with van der Waals surface area (Å²) in [5.74, 6) is 0. The van der Waals surface area contributed by atoms with Crippen LogP contribution in [0.15, 0.2) is 0 Å². The predicted octanol–water partition coefficient (Wildman–Crippen LogP) is 3.03. The van der Waals surface area contributed by atoms with Gasteiger partial charge in [0.15, 0.2) is 0 Å². The molecule has 0 aliphatic carbocycles. The van der Waals surface area contributed by atoms with E-state index in [1.165, 1.54) is 149 Å². The van der Waals surface area contributed by atoms with Gasteiger partial charge in [-0.25, -0.2) is 0 Å². The van der Waals surface area contributed by atoms with E-state index in [4.69, 9.17) is 0 Å². The van der Waals surface area contributed by atoms with Gasteiger partial charge in [0.05, 0.1) is 0 Å². The van der Waals surface area contributed by atoms with E-state index in [1.807, 2.05) is 0 Å². The van der Waals surface area contributed by atoms with Crippen LogP contribution < -0.4 is 0 Å². The molecule has 0 aromatic rings. The summed E-state index contributed by atoms with van der Waals surface area (Å²) in [6, 6.07) is 0. The highest BCUT2D eigenvalue weighted by Gasteiger charge is 2.08. The quantitative estimate of drug-likeness (QED) is 0.448. The molecule has 37 heavy (non-hydrogen) atoms. The summed E-state index contributed by atoms with van der Waals surface area (Å²) in [4.78, 5) is 16.4. The van der Waals surface area contributed by atoms with E-state index in [0.29, 0.717) is 0 Å². The molecule has 7 heteroatoms. The number of hydrogen-bond acceptors (Lipinski definition) is 7. The highest BCUT2D eigenvalue weighted by Crippen LogP contribution is 2.05. The SMILES string of the molecule is CN1CC1.CN1CCC1.CN1CCCC1.CN1CCCCC1.CN1CCCCC1.CN1CCN(C)CC1. The summed E-state index contributed by atoms with van der Waals surface area (Å²) in [6.07, 6.45) is 12.8. The summed E-state index contributed by atoms with van der Waals surface area (Å²) < 4.78 is 0. The Morgan fingerprint density at radius 3 is 0.459 bits per heavy atom. The van der Waals surface area contributed by atoms with Crippen molar-refractivity contribution in [2.45, 2.75) is 57.8 Å². The van der Waals surface area contributed by atoms with Gasteiger partial charge in [0.1, 0.15) is 0 Å². The number of rotatable bonds is 0. The third kappa shape index (κ3) is 23.3. The lowest BCUT2D eigenvalue weighted by Gasteiger charge is -2.28. The van der Waals surface area contributed by atoms with Crippen LogP contribution in [-0.4, -0.2) is 175 Å². The number of piperidine rings is 2. The number of likely N-dealkylation sites (tertiary alicyclic amines) is 4. The van der Waals surface area contributed by atoms with Crippen molar-refractivity contribution < 1.29 is 0 Å². The summed E-state index contributed by atoms with van der Waals surface area (Å²) in [7, 11) is 15.2. The van der Waals surface area contributed by atoms with Gasteiger partial charge in [0.2, 0.25) is 0 Å². The minimum atomic E-state index is 1.23. The van der Waals surface area contributed by atoms with E-state index in [-0.39, 0.29) is 0 Å². The average molecular weight is 526 g/mol. The lowest BCUT2D eigenvalue weighted by Crippen LogP contribution is -2.42. The van der Waals surface area contributed by atoms with Gasteiger partial charge in [-0.05, 0) is 147 Å². The minimum absolute atomic E-state index is 1.23. The molecule has 6 aliphatic heterocycles. The van der Waals surface area contributed by atoms with E-state index in [1.54, 1.807) is 0 Å². The van der Waals surface area contributed by atoms with Gasteiger partial charge in [-0.3, -0.25) is 0 Å². The third-order valence-corrected chi connectivity index (χ3v) is 7.97. The lowest BCUT2D eigenvalue weighted by molar-refractivity contribution is 0.181. The van der Waals surface area contributed by atoms with Gasteiger partial charge >= 0.3 is 0 Å². The molecular formula is C30H67N7. The van der Waals surface area contributed by atoms with Crippen LogP contribution in [0.5, 0.6) is 0 Å². The first kappa shape index (κ1) is 34.7. The zero-order chi connectivity index (χ0) is 27.3. The maximum absolute atomic E-state index is 2.39. The van der Waals surface area contributed by atoms with Crippen molar-refractivity contribution in [3.8, 4) is 0 Å². The summed E-state index contributed by atoms with van der Waals surface area (Å²) in [6.45, 7) is 18.1. The van der Waals surface area contributed by atoms with Crippen LogP contribution in [0, 0.1) is 0 Å². The second-order valence-electron chi connectivity index (χ2n) is 12.3. The fourth-order valence-electron chi connectivity index (χ4n) is 4.46. The number of likely N-dealkylation sites (N-methyl/N-ethyl adjacent to an activating group) is 3. The van der Waals surface area contributed by atoms with Crippen molar-refractivity contribution >= 4 is 0 Å². The van der Waals surface area contributed by atoms with E-state index >= 15 is 0 Å². The van der Waals surface area contributed by atoms with Crippen molar-refractivity contribution in [3.05, 3.63) is 0 Å².